The summed E-state index contributed by atoms with van der Waals surface area (Å²) in [5.74, 6) is 1.44. The molecule has 24 heavy (non-hydrogen) atoms. The van der Waals surface area contributed by atoms with E-state index in [2.05, 4.69) is 5.32 Å². The molecule has 0 aliphatic rings. The molecule has 0 fully saturated rings. The van der Waals surface area contributed by atoms with Crippen molar-refractivity contribution in [3.63, 3.8) is 0 Å². The summed E-state index contributed by atoms with van der Waals surface area (Å²) in [6.45, 7) is 2.85. The van der Waals surface area contributed by atoms with Crippen molar-refractivity contribution in [3.05, 3.63) is 53.6 Å². The number of amides is 1. The molecule has 128 valence electrons. The zero-order chi connectivity index (χ0) is 17.5. The fourth-order valence-electron chi connectivity index (χ4n) is 2.41. The van der Waals surface area contributed by atoms with Gasteiger partial charge in [0.15, 0.2) is 0 Å². The van der Waals surface area contributed by atoms with Crippen molar-refractivity contribution in [2.45, 2.75) is 6.92 Å². The van der Waals surface area contributed by atoms with Crippen LogP contribution in [0.1, 0.15) is 15.9 Å². The predicted octanol–water partition coefficient (Wildman–Crippen LogP) is 2.88. The van der Waals surface area contributed by atoms with Gasteiger partial charge in [0.25, 0.3) is 5.91 Å². The number of aryl methyl sites for hydroxylation is 1. The SMILES string of the molecule is COc1ccc(OCCNC(=O)c2ccc(N(C)C)c(C)c2)cc1. The van der Waals surface area contributed by atoms with E-state index in [-0.39, 0.29) is 5.91 Å². The molecule has 0 aliphatic carbocycles. The van der Waals surface area contributed by atoms with Crippen molar-refractivity contribution < 1.29 is 14.3 Å². The monoisotopic (exact) mass is 328 g/mol. The Morgan fingerprint density at radius 3 is 2.33 bits per heavy atom. The lowest BCUT2D eigenvalue weighted by Crippen LogP contribution is -2.28. The summed E-state index contributed by atoms with van der Waals surface area (Å²) in [5.41, 5.74) is 2.83. The summed E-state index contributed by atoms with van der Waals surface area (Å²) in [6, 6.07) is 13.0. The molecular weight excluding hydrogens is 304 g/mol. The molecule has 5 heteroatoms. The first kappa shape index (κ1) is 17.7. The number of ether oxygens (including phenoxy) is 2. The largest absolute Gasteiger partial charge is 0.497 e. The molecule has 0 radical (unpaired) electrons. The molecule has 2 rings (SSSR count). The third-order valence-electron chi connectivity index (χ3n) is 3.66. The molecule has 0 unspecified atom stereocenters. The molecule has 0 bridgehead atoms. The Hall–Kier alpha value is -2.69. The number of benzene rings is 2. The highest BCUT2D eigenvalue weighted by atomic mass is 16.5. The Morgan fingerprint density at radius 1 is 1.08 bits per heavy atom. The lowest BCUT2D eigenvalue weighted by Gasteiger charge is -2.16. The van der Waals surface area contributed by atoms with E-state index in [0.29, 0.717) is 18.7 Å². The van der Waals surface area contributed by atoms with Gasteiger partial charge in [-0.05, 0) is 55.0 Å². The topological polar surface area (TPSA) is 50.8 Å². The molecule has 0 atom stereocenters. The Labute approximate surface area is 143 Å². The first-order valence-electron chi connectivity index (χ1n) is 7.84. The fraction of sp³-hybridized carbons (Fsp3) is 0.316. The van der Waals surface area contributed by atoms with Crippen LogP contribution < -0.4 is 19.7 Å². The smallest absolute Gasteiger partial charge is 0.251 e. The Kier molecular flexibility index (Phi) is 6.07. The molecule has 0 aliphatic heterocycles. The van der Waals surface area contributed by atoms with Crippen molar-refractivity contribution in [3.8, 4) is 11.5 Å². The van der Waals surface area contributed by atoms with Gasteiger partial charge in [-0.1, -0.05) is 0 Å². The highest BCUT2D eigenvalue weighted by Gasteiger charge is 2.08. The molecule has 0 spiro atoms. The summed E-state index contributed by atoms with van der Waals surface area (Å²) in [5, 5.41) is 2.87. The van der Waals surface area contributed by atoms with Crippen molar-refractivity contribution in [2.75, 3.05) is 39.3 Å². The third kappa shape index (κ3) is 4.65. The number of nitrogens with zero attached hydrogens (tertiary/aromatic N) is 1. The zero-order valence-electron chi connectivity index (χ0n) is 14.6. The lowest BCUT2D eigenvalue weighted by atomic mass is 10.1. The van der Waals surface area contributed by atoms with Crippen molar-refractivity contribution in [1.29, 1.82) is 0 Å². The number of carbonyl (C=O) groups excluding carboxylic acids is 1. The van der Waals surface area contributed by atoms with E-state index in [0.717, 1.165) is 22.7 Å². The average Bonchev–Trinajstić information content (AvgIpc) is 2.58. The number of nitrogens with one attached hydrogen (secondary N) is 1. The summed E-state index contributed by atoms with van der Waals surface area (Å²) >= 11 is 0. The molecule has 0 aromatic heterocycles. The number of hydrogen-bond acceptors (Lipinski definition) is 4. The molecular formula is C19H24N2O3. The third-order valence-corrected chi connectivity index (χ3v) is 3.66. The minimum Gasteiger partial charge on any atom is -0.497 e. The van der Waals surface area contributed by atoms with Gasteiger partial charge >= 0.3 is 0 Å². The van der Waals surface area contributed by atoms with Gasteiger partial charge in [-0.25, -0.2) is 0 Å². The van der Waals surface area contributed by atoms with Gasteiger partial charge in [0.05, 0.1) is 13.7 Å². The van der Waals surface area contributed by atoms with Crippen LogP contribution in [-0.4, -0.2) is 40.3 Å². The number of carbonyl (C=O) groups is 1. The van der Waals surface area contributed by atoms with Crippen molar-refractivity contribution in [2.24, 2.45) is 0 Å². The van der Waals surface area contributed by atoms with E-state index < -0.39 is 0 Å². The molecule has 0 saturated carbocycles. The Balaban J connectivity index is 1.81. The van der Waals surface area contributed by atoms with Gasteiger partial charge in [0, 0.05) is 25.3 Å². The maximum atomic E-state index is 12.2. The van der Waals surface area contributed by atoms with E-state index in [1.54, 1.807) is 7.11 Å². The van der Waals surface area contributed by atoms with E-state index in [9.17, 15) is 4.79 Å². The van der Waals surface area contributed by atoms with Gasteiger partial charge in [-0.2, -0.15) is 0 Å². The van der Waals surface area contributed by atoms with Crippen molar-refractivity contribution in [1.82, 2.24) is 5.32 Å². The first-order valence-corrected chi connectivity index (χ1v) is 7.84. The molecule has 2 aromatic rings. The van der Waals surface area contributed by atoms with Crippen LogP contribution in [0.4, 0.5) is 5.69 Å². The molecule has 1 amide bonds. The summed E-state index contributed by atoms with van der Waals surface area (Å²) < 4.78 is 10.7. The average molecular weight is 328 g/mol. The quantitative estimate of drug-likeness (QED) is 0.794. The van der Waals surface area contributed by atoms with Crippen LogP contribution in [0.25, 0.3) is 0 Å². The molecule has 0 heterocycles. The van der Waals surface area contributed by atoms with Crippen LogP contribution in [0.2, 0.25) is 0 Å². The summed E-state index contributed by atoms with van der Waals surface area (Å²) in [4.78, 5) is 14.2. The molecule has 0 saturated heterocycles. The van der Waals surface area contributed by atoms with Crippen LogP contribution >= 0.6 is 0 Å². The van der Waals surface area contributed by atoms with Crippen LogP contribution in [-0.2, 0) is 0 Å². The van der Waals surface area contributed by atoms with Gasteiger partial charge in [0.2, 0.25) is 0 Å². The molecule has 1 N–H and O–H groups in total. The minimum absolute atomic E-state index is 0.0956. The molecule has 5 nitrogen and oxygen atoms in total. The first-order chi connectivity index (χ1) is 11.5. The number of hydrogen-bond donors (Lipinski definition) is 1. The second-order valence-corrected chi connectivity index (χ2v) is 5.68. The number of methoxy groups -OCH3 is 1. The highest BCUT2D eigenvalue weighted by Crippen LogP contribution is 2.19. The maximum Gasteiger partial charge on any atom is 0.251 e. The summed E-state index contributed by atoms with van der Waals surface area (Å²) in [6.07, 6.45) is 0. The lowest BCUT2D eigenvalue weighted by molar-refractivity contribution is 0.0947. The van der Waals surface area contributed by atoms with E-state index in [4.69, 9.17) is 9.47 Å². The second kappa shape index (κ2) is 8.24. The van der Waals surface area contributed by atoms with E-state index >= 15 is 0 Å². The zero-order valence-corrected chi connectivity index (χ0v) is 14.6. The molecule has 2 aromatic carbocycles. The van der Waals surface area contributed by atoms with Gasteiger partial charge in [-0.15, -0.1) is 0 Å². The van der Waals surface area contributed by atoms with E-state index in [1.165, 1.54) is 0 Å². The minimum atomic E-state index is -0.0956. The van der Waals surface area contributed by atoms with Gasteiger partial charge < -0.3 is 19.7 Å². The van der Waals surface area contributed by atoms with Gasteiger partial charge in [-0.3, -0.25) is 4.79 Å². The van der Waals surface area contributed by atoms with Crippen LogP contribution in [0, 0.1) is 6.92 Å². The van der Waals surface area contributed by atoms with E-state index in [1.807, 2.05) is 68.4 Å². The maximum absolute atomic E-state index is 12.2. The second-order valence-electron chi connectivity index (χ2n) is 5.68. The van der Waals surface area contributed by atoms with Crippen molar-refractivity contribution >= 4 is 11.6 Å². The van der Waals surface area contributed by atoms with Crippen LogP contribution in [0.3, 0.4) is 0 Å². The van der Waals surface area contributed by atoms with Crippen LogP contribution in [0.15, 0.2) is 42.5 Å². The number of rotatable bonds is 7. The predicted molar refractivity (Wildman–Crippen MR) is 96.3 cm³/mol. The standard InChI is InChI=1S/C19H24N2O3/c1-14-13-15(5-10-18(14)21(2)3)19(22)20-11-12-24-17-8-6-16(23-4)7-9-17/h5-10,13H,11-12H2,1-4H3,(H,20,22). The Morgan fingerprint density at radius 2 is 1.75 bits per heavy atom. The normalized spacial score (nSPS) is 10.2. The number of anilines is 1. The fourth-order valence-corrected chi connectivity index (χ4v) is 2.41. The Bertz CT molecular complexity index is 682. The summed E-state index contributed by atoms with van der Waals surface area (Å²) in [7, 11) is 5.59. The highest BCUT2D eigenvalue weighted by molar-refractivity contribution is 5.94. The van der Waals surface area contributed by atoms with Gasteiger partial charge in [0.1, 0.15) is 18.1 Å². The van der Waals surface area contributed by atoms with Crippen LogP contribution in [0.5, 0.6) is 11.5 Å².